The maximum absolute atomic E-state index is 14.0. The first-order valence-corrected chi connectivity index (χ1v) is 30.7. The van der Waals surface area contributed by atoms with Crippen molar-refractivity contribution in [1.29, 1.82) is 0 Å². The van der Waals surface area contributed by atoms with E-state index in [0.717, 1.165) is 4.90 Å². The van der Waals surface area contributed by atoms with Gasteiger partial charge in [0.2, 0.25) is 17.7 Å². The van der Waals surface area contributed by atoms with Crippen molar-refractivity contribution in [3.63, 3.8) is 0 Å². The van der Waals surface area contributed by atoms with Gasteiger partial charge in [-0.1, -0.05) is 70.6 Å². The van der Waals surface area contributed by atoms with Gasteiger partial charge in [-0.05, 0) is 101 Å². The van der Waals surface area contributed by atoms with E-state index in [2.05, 4.69) is 21.3 Å². The zero-order valence-electron chi connectivity index (χ0n) is 52.4. The standard InChI is InChI=1S/C63H92N8O18/c1-9-45(73)35-48-49(86-48)37-62(7,84)27-13-15-40(4)56-41(5)18-23-50(63(8,89-42(6)72)28-26-46(74)36-54(78)88-56)87-61(83)70-33-31-69(32-34-70)60(82)85-38-43-19-21-44(22-20-43)66-57(79)47(16-14-29-65-59(64)81)67-58(80)55(39(2)3)68-51(75)17-11-10-12-30-71-52(76)24-25-53(71)77/h13,15,18-25,27,39,41,45-50,55-56,73-74,84H,9-12,14,16-17,26,28-38H2,1-8H3,(H,66,79)(H,67,80)(H,68,75)(H3,64,65,81)/b23-18+,27-13+,40-15+/t41-,45-,46+,47-,48+,49+,50-,55-,56+,62?,63+/m0/s1. The summed E-state index contributed by atoms with van der Waals surface area (Å²) in [4.78, 5) is 132. The lowest BCUT2D eigenvalue weighted by Gasteiger charge is -2.38. The molecule has 11 atom stereocenters. The van der Waals surface area contributed by atoms with Crippen LogP contribution in [0.15, 0.2) is 72.4 Å². The first-order chi connectivity index (χ1) is 42.1. The monoisotopic (exact) mass is 1250 g/mol. The van der Waals surface area contributed by atoms with Crippen LogP contribution in [0.1, 0.15) is 138 Å². The number of imide groups is 1. The number of rotatable bonds is 28. The summed E-state index contributed by atoms with van der Waals surface area (Å²) < 4.78 is 29.2. The van der Waals surface area contributed by atoms with Gasteiger partial charge in [0.1, 0.15) is 30.4 Å². The molecule has 492 valence electrons. The Balaban J connectivity index is 1.14. The number of carbonyl (C=O) groups is 10. The lowest BCUT2D eigenvalue weighted by atomic mass is 9.88. The van der Waals surface area contributed by atoms with Crippen LogP contribution >= 0.6 is 0 Å². The highest BCUT2D eigenvalue weighted by atomic mass is 16.6. The van der Waals surface area contributed by atoms with E-state index >= 15 is 0 Å². The van der Waals surface area contributed by atoms with Crippen molar-refractivity contribution >= 4 is 65.4 Å². The van der Waals surface area contributed by atoms with E-state index < -0.39 is 95.6 Å². The van der Waals surface area contributed by atoms with Gasteiger partial charge in [0, 0.05) is 89.2 Å². The molecule has 2 saturated heterocycles. The second-order valence-electron chi connectivity index (χ2n) is 24.1. The molecule has 26 nitrogen and oxygen atoms in total. The molecule has 0 bridgehead atoms. The summed E-state index contributed by atoms with van der Waals surface area (Å²) >= 11 is 0. The molecule has 9 N–H and O–H groups in total. The van der Waals surface area contributed by atoms with E-state index in [4.69, 9.17) is 29.4 Å². The average molecular weight is 1250 g/mol. The Kier molecular flexibility index (Phi) is 27.8. The molecule has 0 aromatic heterocycles. The van der Waals surface area contributed by atoms with Crippen LogP contribution in [0.25, 0.3) is 0 Å². The molecule has 9 amide bonds. The van der Waals surface area contributed by atoms with Crippen LogP contribution in [0, 0.1) is 11.8 Å². The number of hydrogen-bond acceptors (Lipinski definition) is 18. The molecule has 0 aliphatic carbocycles. The van der Waals surface area contributed by atoms with Crippen molar-refractivity contribution in [2.24, 2.45) is 17.6 Å². The van der Waals surface area contributed by atoms with Crippen LogP contribution in [0.2, 0.25) is 0 Å². The van der Waals surface area contributed by atoms with Gasteiger partial charge >= 0.3 is 30.2 Å². The summed E-state index contributed by atoms with van der Waals surface area (Å²) in [6, 6.07) is 3.59. The predicted molar refractivity (Wildman–Crippen MR) is 324 cm³/mol. The Bertz CT molecular complexity index is 2740. The number of amides is 9. The number of aliphatic hydroxyl groups is 3. The third-order valence-corrected chi connectivity index (χ3v) is 15.9. The Hall–Kier alpha value is -7.68. The molecule has 1 aromatic carbocycles. The third kappa shape index (κ3) is 24.0. The number of carbonyl (C=O) groups excluding carboxylic acids is 10. The van der Waals surface area contributed by atoms with Crippen LogP contribution < -0.4 is 27.0 Å². The number of unbranched alkanes of at least 4 members (excludes halogenated alkanes) is 2. The SMILES string of the molecule is CC[C@H](O)C[C@H]1O[C@@H]1CC(C)(O)/C=C/C=C(\C)[C@H]1OC(=O)C[C@H](O)CC[C@@](C)(OC(C)=O)[C@@H](OC(=O)N2CCN(C(=O)OCc3ccc(NC(=O)[C@H](CCCNC(N)=O)NC(=O)[C@@H](NC(=O)CCCCCN4C(=O)C=CC4=O)C(C)C)cc3)CC2)/C=C/[C@@H]1C. The average Bonchev–Trinajstić information content (AvgIpc) is 3.89. The number of allylic oxidation sites excluding steroid dienone is 2. The van der Waals surface area contributed by atoms with Gasteiger partial charge in [0.05, 0.1) is 36.4 Å². The summed E-state index contributed by atoms with van der Waals surface area (Å²) in [6.45, 7) is 13.9. The van der Waals surface area contributed by atoms with Crippen LogP contribution in [0.5, 0.6) is 0 Å². The lowest BCUT2D eigenvalue weighted by molar-refractivity contribution is -0.168. The quantitative estimate of drug-likeness (QED) is 0.0109. The molecule has 0 radical (unpaired) electrons. The van der Waals surface area contributed by atoms with Crippen LogP contribution in [0.3, 0.4) is 0 Å². The highest BCUT2D eigenvalue weighted by Crippen LogP contribution is 2.35. The number of hydrogen-bond donors (Lipinski definition) is 8. The van der Waals surface area contributed by atoms with Crippen LogP contribution in [-0.2, 0) is 63.9 Å². The zero-order valence-corrected chi connectivity index (χ0v) is 52.4. The molecular weight excluding hydrogens is 1160 g/mol. The van der Waals surface area contributed by atoms with E-state index in [0.29, 0.717) is 55.3 Å². The zero-order chi connectivity index (χ0) is 65.6. The molecule has 89 heavy (non-hydrogen) atoms. The summed E-state index contributed by atoms with van der Waals surface area (Å²) in [7, 11) is 0. The van der Waals surface area contributed by atoms with Gasteiger partial charge in [0.15, 0.2) is 6.10 Å². The fourth-order valence-electron chi connectivity index (χ4n) is 10.5. The fraction of sp³-hybridized carbons (Fsp3) is 0.619. The number of nitrogens with two attached hydrogens (primary N) is 1. The molecule has 5 rings (SSSR count). The number of urea groups is 1. The van der Waals surface area contributed by atoms with Crippen molar-refractivity contribution in [3.05, 3.63) is 77.9 Å². The fourth-order valence-corrected chi connectivity index (χ4v) is 10.5. The van der Waals surface area contributed by atoms with Crippen LogP contribution in [0.4, 0.5) is 20.1 Å². The van der Waals surface area contributed by atoms with Crippen molar-refractivity contribution < 1.29 is 86.9 Å². The largest absolute Gasteiger partial charge is 0.457 e. The Morgan fingerprint density at radius 2 is 1.56 bits per heavy atom. The summed E-state index contributed by atoms with van der Waals surface area (Å²) in [6.07, 6.45) is 8.19. The lowest BCUT2D eigenvalue weighted by Crippen LogP contribution is -2.54. The minimum Gasteiger partial charge on any atom is -0.457 e. The van der Waals surface area contributed by atoms with Gasteiger partial charge in [-0.25, -0.2) is 14.4 Å². The van der Waals surface area contributed by atoms with Gasteiger partial charge < -0.3 is 75.8 Å². The topological polar surface area (TPSA) is 365 Å². The van der Waals surface area contributed by atoms with Gasteiger partial charge in [-0.15, -0.1) is 0 Å². The number of primary amides is 1. The normalized spacial score (nSPS) is 24.5. The molecule has 1 unspecified atom stereocenters. The van der Waals surface area contributed by atoms with Crippen molar-refractivity contribution in [1.82, 2.24) is 30.7 Å². The number of cyclic esters (lactones) is 1. The third-order valence-electron chi connectivity index (χ3n) is 15.9. The first-order valence-electron chi connectivity index (χ1n) is 30.7. The van der Waals surface area contributed by atoms with Crippen molar-refractivity contribution in [2.75, 3.05) is 44.6 Å². The maximum Gasteiger partial charge on any atom is 0.410 e. The number of piperazine rings is 1. The molecule has 2 fully saturated rings. The van der Waals surface area contributed by atoms with Crippen LogP contribution in [-0.4, -0.2) is 189 Å². The first kappa shape index (κ1) is 72.1. The summed E-state index contributed by atoms with van der Waals surface area (Å²) in [5.74, 6) is -4.56. The summed E-state index contributed by atoms with van der Waals surface area (Å²) in [5.41, 5.74) is 4.01. The van der Waals surface area contributed by atoms with E-state index in [1.807, 2.05) is 6.92 Å². The number of anilines is 1. The van der Waals surface area contributed by atoms with Crippen molar-refractivity contribution in [2.45, 2.75) is 199 Å². The minimum atomic E-state index is -1.50. The number of benzene rings is 1. The number of nitrogens with zero attached hydrogens (tertiary/aromatic N) is 3. The van der Waals surface area contributed by atoms with Gasteiger partial charge in [0.25, 0.3) is 11.8 Å². The molecule has 0 saturated carbocycles. The van der Waals surface area contributed by atoms with E-state index in [-0.39, 0.29) is 120 Å². The van der Waals surface area contributed by atoms with Crippen molar-refractivity contribution in [3.8, 4) is 0 Å². The number of aliphatic hydroxyl groups excluding tert-OH is 2. The molecule has 0 spiro atoms. The predicted octanol–water partition coefficient (Wildman–Crippen LogP) is 4.49. The number of ether oxygens (including phenoxy) is 5. The minimum absolute atomic E-state index is 0.00424. The Morgan fingerprint density at radius 1 is 0.899 bits per heavy atom. The Morgan fingerprint density at radius 3 is 2.19 bits per heavy atom. The second kappa shape index (κ2) is 34.3. The highest BCUT2D eigenvalue weighted by Gasteiger charge is 2.44. The highest BCUT2D eigenvalue weighted by molar-refractivity contribution is 6.12. The summed E-state index contributed by atoms with van der Waals surface area (Å²) in [5, 5.41) is 42.9. The second-order valence-corrected chi connectivity index (χ2v) is 24.1. The maximum atomic E-state index is 14.0. The number of epoxide rings is 1. The number of nitrogens with one attached hydrogen (secondary N) is 4. The number of esters is 2. The van der Waals surface area contributed by atoms with Gasteiger partial charge in [-0.2, -0.15) is 0 Å². The molecule has 4 aliphatic rings. The molecule has 4 aliphatic heterocycles. The molecule has 4 heterocycles. The van der Waals surface area contributed by atoms with Gasteiger partial charge in [-0.3, -0.25) is 38.5 Å². The molecule has 1 aromatic rings. The van der Waals surface area contributed by atoms with E-state index in [9.17, 15) is 63.3 Å². The van der Waals surface area contributed by atoms with E-state index in [1.54, 1.807) is 96.2 Å². The molecular formula is C63H92N8O18. The Labute approximate surface area is 520 Å². The smallest absolute Gasteiger partial charge is 0.410 e. The molecule has 26 heteroatoms. The van der Waals surface area contributed by atoms with E-state index in [1.165, 1.54) is 28.9 Å².